The van der Waals surface area contributed by atoms with Crippen LogP contribution in [0.1, 0.15) is 12.5 Å². The van der Waals surface area contributed by atoms with Gasteiger partial charge in [0.1, 0.15) is 5.75 Å². The quantitative estimate of drug-likeness (QED) is 0.717. The molecule has 0 atom stereocenters. The van der Waals surface area contributed by atoms with Crippen LogP contribution in [-0.4, -0.2) is 6.61 Å². The van der Waals surface area contributed by atoms with Gasteiger partial charge in [0, 0.05) is 21.1 Å². The Kier molecular flexibility index (Phi) is 5.58. The molecule has 0 bridgehead atoms. The number of nitrogens with one attached hydrogen (secondary N) is 1. The molecule has 2 aromatic rings. The molecule has 2 aromatic carbocycles. The molecule has 0 saturated heterocycles. The molecule has 106 valence electrons. The molecule has 0 unspecified atom stereocenters. The maximum Gasteiger partial charge on any atom is 0.142 e. The molecule has 0 spiro atoms. The van der Waals surface area contributed by atoms with Gasteiger partial charge in [0.25, 0.3) is 0 Å². The minimum absolute atomic E-state index is 0.608. The minimum Gasteiger partial charge on any atom is -0.492 e. The topological polar surface area (TPSA) is 21.3 Å². The molecule has 2 rings (SSSR count). The lowest BCUT2D eigenvalue weighted by atomic mass is 10.2. The molecule has 0 saturated carbocycles. The van der Waals surface area contributed by atoms with Crippen LogP contribution >= 0.6 is 39.1 Å². The summed E-state index contributed by atoms with van der Waals surface area (Å²) in [7, 11) is 0. The second kappa shape index (κ2) is 7.21. The first-order chi connectivity index (χ1) is 9.60. The molecular formula is C15H14BrCl2NO. The normalized spacial score (nSPS) is 10.4. The van der Waals surface area contributed by atoms with E-state index in [9.17, 15) is 0 Å². The van der Waals surface area contributed by atoms with E-state index in [1.807, 2.05) is 43.3 Å². The van der Waals surface area contributed by atoms with Crippen molar-refractivity contribution in [2.75, 3.05) is 11.9 Å². The molecule has 0 amide bonds. The number of halogens is 3. The molecule has 0 aliphatic rings. The van der Waals surface area contributed by atoms with E-state index in [2.05, 4.69) is 21.2 Å². The van der Waals surface area contributed by atoms with Crippen molar-refractivity contribution in [3.63, 3.8) is 0 Å². The van der Waals surface area contributed by atoms with E-state index in [1.165, 1.54) is 0 Å². The third-order valence-corrected chi connectivity index (χ3v) is 3.96. The van der Waals surface area contributed by atoms with Gasteiger partial charge < -0.3 is 10.1 Å². The van der Waals surface area contributed by atoms with Gasteiger partial charge in [-0.05, 0) is 48.9 Å². The first-order valence-corrected chi connectivity index (χ1v) is 7.75. The summed E-state index contributed by atoms with van der Waals surface area (Å²) in [6, 6.07) is 11.2. The second-order valence-corrected chi connectivity index (χ2v) is 5.89. The van der Waals surface area contributed by atoms with Gasteiger partial charge in [0.15, 0.2) is 0 Å². The molecule has 0 aliphatic heterocycles. The first-order valence-electron chi connectivity index (χ1n) is 6.20. The maximum absolute atomic E-state index is 6.03. The number of ether oxygens (including phenoxy) is 1. The van der Waals surface area contributed by atoms with Crippen molar-refractivity contribution in [3.05, 3.63) is 56.5 Å². The van der Waals surface area contributed by atoms with E-state index in [-0.39, 0.29) is 0 Å². The summed E-state index contributed by atoms with van der Waals surface area (Å²) in [4.78, 5) is 0. The summed E-state index contributed by atoms with van der Waals surface area (Å²) >= 11 is 15.6. The molecule has 0 fully saturated rings. The van der Waals surface area contributed by atoms with E-state index in [1.54, 1.807) is 0 Å². The lowest BCUT2D eigenvalue weighted by molar-refractivity contribution is 0.341. The highest BCUT2D eigenvalue weighted by molar-refractivity contribution is 9.10. The van der Waals surface area contributed by atoms with Gasteiger partial charge >= 0.3 is 0 Å². The molecular weight excluding hydrogens is 361 g/mol. The Hall–Kier alpha value is -0.900. The molecule has 2 nitrogen and oxygen atoms in total. The summed E-state index contributed by atoms with van der Waals surface area (Å²) in [5, 5.41) is 4.70. The van der Waals surface area contributed by atoms with Crippen LogP contribution in [0.25, 0.3) is 0 Å². The van der Waals surface area contributed by atoms with E-state index in [0.717, 1.165) is 21.5 Å². The highest BCUT2D eigenvalue weighted by Gasteiger charge is 2.06. The zero-order valence-electron chi connectivity index (χ0n) is 10.9. The summed E-state index contributed by atoms with van der Waals surface area (Å²) < 4.78 is 6.58. The minimum atomic E-state index is 0.608. The molecule has 5 heteroatoms. The van der Waals surface area contributed by atoms with E-state index in [4.69, 9.17) is 27.9 Å². The number of rotatable bonds is 5. The van der Waals surface area contributed by atoms with E-state index >= 15 is 0 Å². The van der Waals surface area contributed by atoms with Crippen LogP contribution in [0.3, 0.4) is 0 Å². The molecule has 0 aromatic heterocycles. The molecule has 0 aliphatic carbocycles. The van der Waals surface area contributed by atoms with Crippen LogP contribution in [0.5, 0.6) is 5.75 Å². The van der Waals surface area contributed by atoms with Crippen LogP contribution in [0.4, 0.5) is 5.69 Å². The average Bonchev–Trinajstić information content (AvgIpc) is 2.42. The van der Waals surface area contributed by atoms with Crippen LogP contribution in [-0.2, 0) is 6.54 Å². The van der Waals surface area contributed by atoms with Gasteiger partial charge in [0.05, 0.1) is 12.3 Å². The van der Waals surface area contributed by atoms with E-state index < -0.39 is 0 Å². The summed E-state index contributed by atoms with van der Waals surface area (Å²) in [6.07, 6.45) is 0. The first kappa shape index (κ1) is 15.5. The van der Waals surface area contributed by atoms with Gasteiger partial charge in [-0.15, -0.1) is 0 Å². The van der Waals surface area contributed by atoms with Crippen LogP contribution in [0.2, 0.25) is 10.0 Å². The molecule has 1 N–H and O–H groups in total. The van der Waals surface area contributed by atoms with Crippen molar-refractivity contribution >= 4 is 44.8 Å². The molecule has 0 heterocycles. The highest BCUT2D eigenvalue weighted by atomic mass is 79.9. The number of benzene rings is 2. The molecule has 20 heavy (non-hydrogen) atoms. The Morgan fingerprint density at radius 2 is 1.80 bits per heavy atom. The smallest absolute Gasteiger partial charge is 0.142 e. The zero-order chi connectivity index (χ0) is 14.5. The fourth-order valence-electron chi connectivity index (χ4n) is 1.79. The standard InChI is InChI=1S/C15H14BrCl2NO/c1-2-20-15-6-4-12(18)8-14(15)19-9-10-7-11(17)3-5-13(10)16/h3-8,19H,2,9H2,1H3. The number of anilines is 1. The van der Waals surface area contributed by atoms with Gasteiger partial charge in [-0.3, -0.25) is 0 Å². The number of hydrogen-bond donors (Lipinski definition) is 1. The highest BCUT2D eigenvalue weighted by Crippen LogP contribution is 2.29. The van der Waals surface area contributed by atoms with Crippen LogP contribution < -0.4 is 10.1 Å². The Morgan fingerprint density at radius 1 is 1.10 bits per heavy atom. The van der Waals surface area contributed by atoms with Gasteiger partial charge in [-0.25, -0.2) is 0 Å². The zero-order valence-corrected chi connectivity index (χ0v) is 14.0. The van der Waals surface area contributed by atoms with Crippen molar-refractivity contribution in [3.8, 4) is 5.75 Å². The predicted octanol–water partition coefficient (Wildman–Crippen LogP) is 5.77. The van der Waals surface area contributed by atoms with Crippen molar-refractivity contribution in [1.82, 2.24) is 0 Å². The lowest BCUT2D eigenvalue weighted by Gasteiger charge is -2.13. The van der Waals surface area contributed by atoms with Crippen LogP contribution in [0, 0.1) is 0 Å². The summed E-state index contributed by atoms with van der Waals surface area (Å²) in [5.41, 5.74) is 1.94. The summed E-state index contributed by atoms with van der Waals surface area (Å²) in [6.45, 7) is 3.19. The fourth-order valence-corrected chi connectivity index (χ4v) is 2.54. The Labute approximate surface area is 137 Å². The van der Waals surface area contributed by atoms with Crippen molar-refractivity contribution in [1.29, 1.82) is 0 Å². The SMILES string of the molecule is CCOc1ccc(Cl)cc1NCc1cc(Cl)ccc1Br. The Morgan fingerprint density at radius 3 is 2.55 bits per heavy atom. The lowest BCUT2D eigenvalue weighted by Crippen LogP contribution is -2.03. The largest absolute Gasteiger partial charge is 0.492 e. The van der Waals surface area contributed by atoms with Crippen molar-refractivity contribution in [2.45, 2.75) is 13.5 Å². The van der Waals surface area contributed by atoms with E-state index in [0.29, 0.717) is 23.2 Å². The van der Waals surface area contributed by atoms with Crippen molar-refractivity contribution in [2.24, 2.45) is 0 Å². The summed E-state index contributed by atoms with van der Waals surface area (Å²) in [5.74, 6) is 0.787. The van der Waals surface area contributed by atoms with Gasteiger partial charge in [-0.2, -0.15) is 0 Å². The number of hydrogen-bond acceptors (Lipinski definition) is 2. The van der Waals surface area contributed by atoms with Crippen LogP contribution in [0.15, 0.2) is 40.9 Å². The Balaban J connectivity index is 2.17. The monoisotopic (exact) mass is 373 g/mol. The third-order valence-electron chi connectivity index (χ3n) is 2.72. The maximum atomic E-state index is 6.03. The second-order valence-electron chi connectivity index (χ2n) is 4.16. The van der Waals surface area contributed by atoms with Crippen molar-refractivity contribution < 1.29 is 4.74 Å². The predicted molar refractivity (Wildman–Crippen MR) is 89.1 cm³/mol. The van der Waals surface area contributed by atoms with Gasteiger partial charge in [-0.1, -0.05) is 39.1 Å². The third kappa shape index (κ3) is 4.05. The van der Waals surface area contributed by atoms with Gasteiger partial charge in [0.2, 0.25) is 0 Å². The Bertz CT molecular complexity index is 604. The fraction of sp³-hybridized carbons (Fsp3) is 0.200. The average molecular weight is 375 g/mol. The molecule has 0 radical (unpaired) electrons.